The molecule has 4 N–H and O–H groups in total. The van der Waals surface area contributed by atoms with Gasteiger partial charge in [0.05, 0.1) is 24.4 Å². The van der Waals surface area contributed by atoms with Crippen LogP contribution in [0.4, 0.5) is 4.79 Å². The summed E-state index contributed by atoms with van der Waals surface area (Å²) in [5, 5.41) is 36.9. The third-order valence-electron chi connectivity index (χ3n) is 6.40. The molecular weight excluding hydrogens is 462 g/mol. The zero-order valence-corrected chi connectivity index (χ0v) is 22.4. The van der Waals surface area contributed by atoms with Crippen molar-refractivity contribution in [3.63, 3.8) is 0 Å². The minimum atomic E-state index is -3.15. The molecule has 0 bridgehead atoms. The molecule has 0 heterocycles. The topological polar surface area (TPSA) is 108 Å². The Bertz CT molecular complexity index is 933. The molecule has 1 saturated carbocycles. The smallest absolute Gasteiger partial charge is 0.408 e. The van der Waals surface area contributed by atoms with Crippen LogP contribution < -0.4 is 15.7 Å². The molecule has 7 nitrogen and oxygen atoms in total. The summed E-state index contributed by atoms with van der Waals surface area (Å²) >= 11 is 0. The van der Waals surface area contributed by atoms with Gasteiger partial charge >= 0.3 is 6.09 Å². The number of aliphatic hydroxyl groups excluding tert-OH is 3. The van der Waals surface area contributed by atoms with Crippen LogP contribution in [0.3, 0.4) is 0 Å². The molecule has 0 saturated heterocycles. The molecule has 1 amide bonds. The molecule has 2 unspecified atom stereocenters. The molecule has 0 aromatic heterocycles. The van der Waals surface area contributed by atoms with E-state index in [-0.39, 0.29) is 6.42 Å². The number of ether oxygens (including phenoxy) is 1. The number of amides is 1. The zero-order chi connectivity index (χ0) is 26.0. The standard InChI is InChI=1S/C27H39NO6Si/c1-26(2,3)33-25(32)28-22-20(29)17-21(30)23(31)24(22)34-35(27(4,5)6,18-13-9-7-10-14-18)19-15-11-8-12-16-19/h7-16,20-24,29-31H,17H2,1-6H3,(H,28,32)/t20-,21?,22-,23?,24+/m0/s1. The van der Waals surface area contributed by atoms with Crippen LogP contribution >= 0.6 is 0 Å². The Morgan fingerprint density at radius 3 is 1.77 bits per heavy atom. The Labute approximate surface area is 209 Å². The van der Waals surface area contributed by atoms with E-state index < -0.39 is 55.5 Å². The van der Waals surface area contributed by atoms with E-state index in [1.807, 2.05) is 60.7 Å². The second-order valence-corrected chi connectivity index (χ2v) is 15.5. The molecule has 1 fully saturated rings. The van der Waals surface area contributed by atoms with Crippen LogP contribution in [-0.2, 0) is 9.16 Å². The molecule has 2 aromatic rings. The van der Waals surface area contributed by atoms with Crippen LogP contribution in [0.2, 0.25) is 5.04 Å². The lowest BCUT2D eigenvalue weighted by Gasteiger charge is -2.50. The van der Waals surface area contributed by atoms with Gasteiger partial charge in [-0.25, -0.2) is 4.79 Å². The fraction of sp³-hybridized carbons (Fsp3) is 0.519. The van der Waals surface area contributed by atoms with E-state index in [9.17, 15) is 20.1 Å². The van der Waals surface area contributed by atoms with Crippen LogP contribution in [0.25, 0.3) is 0 Å². The quantitative estimate of drug-likeness (QED) is 0.469. The molecule has 1 aliphatic carbocycles. The van der Waals surface area contributed by atoms with Crippen molar-refractivity contribution in [3.05, 3.63) is 60.7 Å². The fourth-order valence-corrected chi connectivity index (χ4v) is 9.55. The fourth-order valence-electron chi connectivity index (χ4n) is 4.84. The first kappa shape index (κ1) is 27.4. The van der Waals surface area contributed by atoms with Crippen LogP contribution in [-0.4, -0.2) is 65.8 Å². The Morgan fingerprint density at radius 2 is 1.34 bits per heavy atom. The van der Waals surface area contributed by atoms with E-state index in [4.69, 9.17) is 9.16 Å². The first-order valence-electron chi connectivity index (χ1n) is 12.1. The van der Waals surface area contributed by atoms with Crippen molar-refractivity contribution in [2.24, 2.45) is 0 Å². The van der Waals surface area contributed by atoms with Crippen molar-refractivity contribution >= 4 is 24.8 Å². The molecule has 192 valence electrons. The molecule has 1 aliphatic rings. The number of hydrogen-bond acceptors (Lipinski definition) is 6. The Kier molecular flexibility index (Phi) is 8.13. The number of carbonyl (C=O) groups is 1. The number of nitrogens with one attached hydrogen (secondary N) is 1. The number of hydrogen-bond donors (Lipinski definition) is 4. The van der Waals surface area contributed by atoms with Gasteiger partial charge in [-0.2, -0.15) is 0 Å². The van der Waals surface area contributed by atoms with Crippen molar-refractivity contribution in [1.29, 1.82) is 0 Å². The maximum atomic E-state index is 12.7. The number of rotatable bonds is 5. The van der Waals surface area contributed by atoms with E-state index >= 15 is 0 Å². The summed E-state index contributed by atoms with van der Waals surface area (Å²) in [5.74, 6) is 0. The number of carbonyl (C=O) groups excluding carboxylic acids is 1. The van der Waals surface area contributed by atoms with Gasteiger partial charge in [0.25, 0.3) is 8.32 Å². The summed E-state index contributed by atoms with van der Waals surface area (Å²) in [6.45, 7) is 11.5. The molecular formula is C27H39NO6Si. The molecule has 0 spiro atoms. The summed E-state index contributed by atoms with van der Waals surface area (Å²) in [4.78, 5) is 12.7. The van der Waals surface area contributed by atoms with Gasteiger partial charge in [0.1, 0.15) is 11.7 Å². The van der Waals surface area contributed by atoms with Crippen LogP contribution in [0.1, 0.15) is 48.0 Å². The third-order valence-corrected chi connectivity index (χ3v) is 11.4. The van der Waals surface area contributed by atoms with Gasteiger partial charge in [0, 0.05) is 6.42 Å². The molecule has 2 aromatic carbocycles. The van der Waals surface area contributed by atoms with Gasteiger partial charge in [-0.05, 0) is 36.2 Å². The summed E-state index contributed by atoms with van der Waals surface area (Å²) < 4.78 is 12.4. The minimum absolute atomic E-state index is 0.0950. The monoisotopic (exact) mass is 501 g/mol. The predicted molar refractivity (Wildman–Crippen MR) is 138 cm³/mol. The summed E-state index contributed by atoms with van der Waals surface area (Å²) in [7, 11) is -3.15. The van der Waals surface area contributed by atoms with E-state index in [2.05, 4.69) is 26.1 Å². The Morgan fingerprint density at radius 1 is 0.857 bits per heavy atom. The molecule has 3 rings (SSSR count). The van der Waals surface area contributed by atoms with Gasteiger partial charge < -0.3 is 29.8 Å². The average Bonchev–Trinajstić information content (AvgIpc) is 2.76. The summed E-state index contributed by atoms with van der Waals surface area (Å²) in [6.07, 6.45) is -5.55. The molecule has 0 radical (unpaired) electrons. The number of aliphatic hydroxyl groups is 3. The summed E-state index contributed by atoms with van der Waals surface area (Å²) in [5.41, 5.74) is -0.740. The molecule has 5 atom stereocenters. The van der Waals surface area contributed by atoms with Gasteiger partial charge in [-0.3, -0.25) is 0 Å². The largest absolute Gasteiger partial charge is 0.444 e. The van der Waals surface area contributed by atoms with E-state index in [1.165, 1.54) is 0 Å². The first-order valence-corrected chi connectivity index (χ1v) is 14.0. The zero-order valence-electron chi connectivity index (χ0n) is 21.4. The van der Waals surface area contributed by atoms with Gasteiger partial charge in [0.2, 0.25) is 0 Å². The third kappa shape index (κ3) is 5.95. The lowest BCUT2D eigenvalue weighted by atomic mass is 9.85. The highest BCUT2D eigenvalue weighted by molar-refractivity contribution is 6.99. The van der Waals surface area contributed by atoms with Crippen molar-refractivity contribution in [2.45, 2.75) is 89.1 Å². The summed E-state index contributed by atoms with van der Waals surface area (Å²) in [6, 6.07) is 18.8. The van der Waals surface area contributed by atoms with Crippen molar-refractivity contribution in [3.8, 4) is 0 Å². The van der Waals surface area contributed by atoms with Crippen LogP contribution in [0.5, 0.6) is 0 Å². The maximum absolute atomic E-state index is 12.7. The normalized spacial score (nSPS) is 25.7. The SMILES string of the molecule is CC(C)(C)OC(=O)N[C@H]1[C@@H](O)CC(O)C(O)[C@@H]1O[Si](c1ccccc1)(c1ccccc1)C(C)(C)C. The molecule has 0 aliphatic heterocycles. The van der Waals surface area contributed by atoms with Gasteiger partial charge in [0.15, 0.2) is 0 Å². The highest BCUT2D eigenvalue weighted by Gasteiger charge is 2.55. The second kappa shape index (κ2) is 10.4. The Hall–Kier alpha value is -2.23. The van der Waals surface area contributed by atoms with E-state index in [0.717, 1.165) is 10.4 Å². The second-order valence-electron chi connectivity index (χ2n) is 11.3. The number of alkyl carbamates (subject to hydrolysis) is 1. The predicted octanol–water partition coefficient (Wildman–Crippen LogP) is 2.31. The van der Waals surface area contributed by atoms with Gasteiger partial charge in [-0.1, -0.05) is 81.4 Å². The maximum Gasteiger partial charge on any atom is 0.408 e. The average molecular weight is 502 g/mol. The lowest BCUT2D eigenvalue weighted by Crippen LogP contribution is -2.73. The van der Waals surface area contributed by atoms with Crippen molar-refractivity contribution < 1.29 is 29.3 Å². The van der Waals surface area contributed by atoms with E-state index in [0.29, 0.717) is 0 Å². The van der Waals surface area contributed by atoms with Gasteiger partial charge in [-0.15, -0.1) is 0 Å². The van der Waals surface area contributed by atoms with Crippen molar-refractivity contribution in [1.82, 2.24) is 5.32 Å². The highest BCUT2D eigenvalue weighted by Crippen LogP contribution is 2.39. The molecule has 35 heavy (non-hydrogen) atoms. The van der Waals surface area contributed by atoms with Crippen LogP contribution in [0.15, 0.2) is 60.7 Å². The van der Waals surface area contributed by atoms with E-state index in [1.54, 1.807) is 20.8 Å². The lowest BCUT2D eigenvalue weighted by molar-refractivity contribution is -0.127. The minimum Gasteiger partial charge on any atom is -0.444 e. The first-order chi connectivity index (χ1) is 16.3. The highest BCUT2D eigenvalue weighted by atomic mass is 28.4. The van der Waals surface area contributed by atoms with Crippen LogP contribution in [0, 0.1) is 0 Å². The van der Waals surface area contributed by atoms with Crippen molar-refractivity contribution in [2.75, 3.05) is 0 Å². The number of benzene rings is 2. The Balaban J connectivity index is 2.13. The molecule has 8 heteroatoms.